The number of rotatable bonds is 4. The molecule has 30 heavy (non-hydrogen) atoms. The number of benzene rings is 1. The Bertz CT molecular complexity index is 989. The summed E-state index contributed by atoms with van der Waals surface area (Å²) < 4.78 is 16.5. The van der Waals surface area contributed by atoms with Crippen LogP contribution in [0.15, 0.2) is 18.2 Å². The minimum Gasteiger partial charge on any atom is -0.343 e. The van der Waals surface area contributed by atoms with Crippen LogP contribution in [0.4, 0.5) is 4.39 Å². The Morgan fingerprint density at radius 1 is 1.10 bits per heavy atom. The molecule has 4 fully saturated rings. The zero-order valence-corrected chi connectivity index (χ0v) is 18.9. The van der Waals surface area contributed by atoms with Gasteiger partial charge in [-0.15, -0.1) is 0 Å². The summed E-state index contributed by atoms with van der Waals surface area (Å²) in [5.74, 6) is 0.797. The van der Waals surface area contributed by atoms with E-state index in [0.717, 1.165) is 43.9 Å². The molecule has 4 saturated carbocycles. The standard InChI is InChI=1S/C26H36FN3/c1-24-11-18-12-25(2,15-24)17-26(13-18,16-24)28-7-9-30-22-5-4-19(27)10-20(22)21-14-29(3)8-6-23(21)30/h4-5,10,18,28H,6-9,11-17H2,1-3H3. The van der Waals surface area contributed by atoms with E-state index >= 15 is 0 Å². The van der Waals surface area contributed by atoms with Gasteiger partial charge < -0.3 is 14.8 Å². The molecule has 4 bridgehead atoms. The van der Waals surface area contributed by atoms with Crippen molar-refractivity contribution in [3.8, 4) is 0 Å². The van der Waals surface area contributed by atoms with Crippen molar-refractivity contribution in [1.82, 2.24) is 14.8 Å². The van der Waals surface area contributed by atoms with E-state index in [-0.39, 0.29) is 5.82 Å². The second-order valence-electron chi connectivity index (χ2n) is 12.1. The summed E-state index contributed by atoms with van der Waals surface area (Å²) in [4.78, 5) is 2.35. The molecule has 2 atom stereocenters. The molecule has 4 heteroatoms. The monoisotopic (exact) mass is 409 g/mol. The number of hydrogen-bond donors (Lipinski definition) is 1. The summed E-state index contributed by atoms with van der Waals surface area (Å²) in [5.41, 5.74) is 5.42. The molecule has 162 valence electrons. The topological polar surface area (TPSA) is 20.2 Å². The third-order valence-electron chi connectivity index (χ3n) is 8.87. The molecular formula is C26H36FN3. The van der Waals surface area contributed by atoms with Gasteiger partial charge in [-0.05, 0) is 86.1 Å². The molecule has 2 heterocycles. The predicted molar refractivity (Wildman–Crippen MR) is 120 cm³/mol. The van der Waals surface area contributed by atoms with Crippen molar-refractivity contribution >= 4 is 10.9 Å². The smallest absolute Gasteiger partial charge is 0.123 e. The summed E-state index contributed by atoms with van der Waals surface area (Å²) in [5, 5.41) is 5.22. The summed E-state index contributed by atoms with van der Waals surface area (Å²) in [7, 11) is 2.17. The first-order valence-corrected chi connectivity index (χ1v) is 12.0. The highest BCUT2D eigenvalue weighted by Gasteiger charge is 2.59. The highest BCUT2D eigenvalue weighted by Crippen LogP contribution is 2.66. The molecule has 3 nitrogen and oxygen atoms in total. The van der Waals surface area contributed by atoms with Gasteiger partial charge in [-0.25, -0.2) is 4.39 Å². The Balaban J connectivity index is 1.27. The van der Waals surface area contributed by atoms with Crippen LogP contribution in [0.1, 0.15) is 63.6 Å². The third-order valence-corrected chi connectivity index (χ3v) is 8.87. The maximum Gasteiger partial charge on any atom is 0.123 e. The van der Waals surface area contributed by atoms with Crippen molar-refractivity contribution in [3.63, 3.8) is 0 Å². The van der Waals surface area contributed by atoms with E-state index in [4.69, 9.17) is 0 Å². The minimum absolute atomic E-state index is 0.121. The molecule has 1 aliphatic heterocycles. The Kier molecular flexibility index (Phi) is 4.07. The zero-order valence-electron chi connectivity index (χ0n) is 18.9. The van der Waals surface area contributed by atoms with Crippen molar-refractivity contribution in [2.45, 2.75) is 77.4 Å². The summed E-state index contributed by atoms with van der Waals surface area (Å²) >= 11 is 0. The van der Waals surface area contributed by atoms with E-state index < -0.39 is 0 Å². The van der Waals surface area contributed by atoms with Crippen LogP contribution in [-0.2, 0) is 19.5 Å². The fourth-order valence-electron chi connectivity index (χ4n) is 8.89. The molecule has 7 rings (SSSR count). The Labute approximate surface area is 180 Å². The van der Waals surface area contributed by atoms with Crippen molar-refractivity contribution < 1.29 is 4.39 Å². The van der Waals surface area contributed by atoms with Gasteiger partial charge in [0.25, 0.3) is 0 Å². The van der Waals surface area contributed by atoms with Gasteiger partial charge in [-0.2, -0.15) is 0 Å². The number of aromatic nitrogens is 1. The van der Waals surface area contributed by atoms with Crippen molar-refractivity contribution in [2.75, 3.05) is 20.1 Å². The van der Waals surface area contributed by atoms with Gasteiger partial charge in [-0.3, -0.25) is 0 Å². The molecule has 1 N–H and O–H groups in total. The maximum absolute atomic E-state index is 14.0. The first kappa shape index (κ1) is 19.3. The maximum atomic E-state index is 14.0. The van der Waals surface area contributed by atoms with Gasteiger partial charge in [0.15, 0.2) is 0 Å². The van der Waals surface area contributed by atoms with E-state index in [1.54, 1.807) is 12.1 Å². The molecule has 2 aromatic rings. The highest BCUT2D eigenvalue weighted by atomic mass is 19.1. The summed E-state index contributed by atoms with van der Waals surface area (Å²) in [6.45, 7) is 9.11. The second-order valence-corrected chi connectivity index (χ2v) is 12.1. The van der Waals surface area contributed by atoms with Crippen LogP contribution in [0.2, 0.25) is 0 Å². The average Bonchev–Trinajstić information content (AvgIpc) is 2.91. The minimum atomic E-state index is -0.121. The number of hydrogen-bond acceptors (Lipinski definition) is 2. The second kappa shape index (κ2) is 6.32. The van der Waals surface area contributed by atoms with Crippen LogP contribution in [0.5, 0.6) is 0 Å². The quantitative estimate of drug-likeness (QED) is 0.757. The Morgan fingerprint density at radius 2 is 1.87 bits per heavy atom. The lowest BCUT2D eigenvalue weighted by Crippen LogP contribution is -2.64. The lowest BCUT2D eigenvalue weighted by Gasteiger charge is -2.65. The molecule has 5 aliphatic rings. The van der Waals surface area contributed by atoms with Crippen LogP contribution in [0.25, 0.3) is 10.9 Å². The molecule has 0 spiro atoms. The fraction of sp³-hybridized carbons (Fsp3) is 0.692. The van der Waals surface area contributed by atoms with Crippen LogP contribution in [0.3, 0.4) is 0 Å². The first-order chi connectivity index (χ1) is 14.3. The molecule has 1 aromatic heterocycles. The van der Waals surface area contributed by atoms with Gasteiger partial charge in [0.2, 0.25) is 0 Å². The Morgan fingerprint density at radius 3 is 2.60 bits per heavy atom. The van der Waals surface area contributed by atoms with Crippen molar-refractivity contribution in [1.29, 1.82) is 0 Å². The predicted octanol–water partition coefficient (Wildman–Crippen LogP) is 5.11. The number of halogens is 1. The van der Waals surface area contributed by atoms with Crippen LogP contribution in [-0.4, -0.2) is 35.1 Å². The van der Waals surface area contributed by atoms with Crippen LogP contribution >= 0.6 is 0 Å². The lowest BCUT2D eigenvalue weighted by atomic mass is 9.43. The lowest BCUT2D eigenvalue weighted by molar-refractivity contribution is -0.117. The van der Waals surface area contributed by atoms with Crippen molar-refractivity contribution in [3.05, 3.63) is 35.3 Å². The number of nitrogens with zero attached hydrogens (tertiary/aromatic N) is 2. The number of fused-ring (bicyclic) bond motifs is 3. The van der Waals surface area contributed by atoms with E-state index in [0.29, 0.717) is 16.4 Å². The number of nitrogens with one attached hydrogen (secondary N) is 1. The van der Waals surface area contributed by atoms with Crippen LogP contribution < -0.4 is 5.32 Å². The number of likely N-dealkylation sites (N-methyl/N-ethyl adjacent to an activating group) is 1. The molecule has 4 aliphatic carbocycles. The van der Waals surface area contributed by atoms with Crippen molar-refractivity contribution in [2.24, 2.45) is 16.7 Å². The van der Waals surface area contributed by atoms with E-state index in [1.165, 1.54) is 55.3 Å². The van der Waals surface area contributed by atoms with E-state index in [9.17, 15) is 4.39 Å². The molecule has 0 saturated heterocycles. The first-order valence-electron chi connectivity index (χ1n) is 12.0. The highest BCUT2D eigenvalue weighted by molar-refractivity contribution is 5.86. The zero-order chi connectivity index (χ0) is 20.7. The largest absolute Gasteiger partial charge is 0.343 e. The van der Waals surface area contributed by atoms with Gasteiger partial charge in [0, 0.05) is 54.7 Å². The van der Waals surface area contributed by atoms with Gasteiger partial charge in [-0.1, -0.05) is 13.8 Å². The van der Waals surface area contributed by atoms with E-state index in [1.807, 2.05) is 6.07 Å². The fourth-order valence-corrected chi connectivity index (χ4v) is 8.89. The molecule has 0 radical (unpaired) electrons. The van der Waals surface area contributed by atoms with Gasteiger partial charge in [0.1, 0.15) is 5.82 Å². The normalized spacial score (nSPS) is 37.8. The summed E-state index contributed by atoms with van der Waals surface area (Å²) in [6.07, 6.45) is 9.46. The molecule has 1 aromatic carbocycles. The summed E-state index contributed by atoms with van der Waals surface area (Å²) in [6, 6.07) is 5.37. The molecular weight excluding hydrogens is 373 g/mol. The van der Waals surface area contributed by atoms with Gasteiger partial charge in [0.05, 0.1) is 0 Å². The SMILES string of the molecule is CN1CCc2c(c3cc(F)ccc3n2CCNC23CC4CC(C)(CC(C)(C4)C2)C3)C1. The molecule has 0 amide bonds. The molecule has 2 unspecified atom stereocenters. The van der Waals surface area contributed by atoms with Gasteiger partial charge >= 0.3 is 0 Å². The van der Waals surface area contributed by atoms with E-state index in [2.05, 4.69) is 35.7 Å². The van der Waals surface area contributed by atoms with Crippen LogP contribution in [0, 0.1) is 22.6 Å². The third kappa shape index (κ3) is 2.97. The average molecular weight is 410 g/mol. The Hall–Kier alpha value is -1.39.